The largest absolute Gasteiger partial charge is 0.471 e. The van der Waals surface area contributed by atoms with Crippen molar-refractivity contribution >= 4 is 40.7 Å². The van der Waals surface area contributed by atoms with Gasteiger partial charge in [-0.2, -0.15) is 5.10 Å². The van der Waals surface area contributed by atoms with Crippen molar-refractivity contribution in [2.45, 2.75) is 13.3 Å². The molecule has 1 aliphatic heterocycles. The van der Waals surface area contributed by atoms with Gasteiger partial charge >= 0.3 is 0 Å². The maximum Gasteiger partial charge on any atom is 0.272 e. The van der Waals surface area contributed by atoms with Gasteiger partial charge in [0.05, 0.1) is 10.0 Å². The Bertz CT molecular complexity index is 1050. The van der Waals surface area contributed by atoms with Gasteiger partial charge in [-0.25, -0.2) is 4.68 Å². The number of hydrogen-bond acceptors (Lipinski definition) is 4. The molecule has 1 aliphatic rings. The van der Waals surface area contributed by atoms with Gasteiger partial charge in [0.15, 0.2) is 6.73 Å². The number of piperazine rings is 1. The summed E-state index contributed by atoms with van der Waals surface area (Å²) in [6.45, 7) is 3.76. The molecule has 0 aliphatic carbocycles. The van der Waals surface area contributed by atoms with E-state index in [9.17, 15) is 4.79 Å². The number of hydrogen-bond donors (Lipinski definition) is 0. The Balaban J connectivity index is 1.32. The lowest BCUT2D eigenvalue weighted by molar-refractivity contribution is 0.0607. The molecule has 2 aromatic carbocycles. The van der Waals surface area contributed by atoms with E-state index in [1.807, 2.05) is 23.1 Å². The molecular weight excluding hydrogens is 459 g/mol. The summed E-state index contributed by atoms with van der Waals surface area (Å²) in [7, 11) is 0. The molecule has 4 rings (SSSR count). The molecule has 162 valence electrons. The van der Waals surface area contributed by atoms with Crippen molar-refractivity contribution < 1.29 is 9.53 Å². The first-order chi connectivity index (χ1) is 15.0. The molecule has 1 amide bonds. The van der Waals surface area contributed by atoms with Gasteiger partial charge in [-0.3, -0.25) is 9.69 Å². The highest BCUT2D eigenvalue weighted by atomic mass is 35.5. The number of halogens is 3. The van der Waals surface area contributed by atoms with Crippen LogP contribution in [0.15, 0.2) is 54.7 Å². The Hall–Kier alpha value is -2.25. The first-order valence-electron chi connectivity index (χ1n) is 9.85. The zero-order valence-electron chi connectivity index (χ0n) is 16.7. The van der Waals surface area contributed by atoms with Crippen LogP contribution in [0.4, 0.5) is 0 Å². The van der Waals surface area contributed by atoms with E-state index in [-0.39, 0.29) is 12.6 Å². The van der Waals surface area contributed by atoms with Gasteiger partial charge < -0.3 is 9.64 Å². The third-order valence-electron chi connectivity index (χ3n) is 5.15. The monoisotopic (exact) mass is 478 g/mol. The second-order valence-electron chi connectivity index (χ2n) is 7.26. The zero-order chi connectivity index (χ0) is 21.8. The van der Waals surface area contributed by atoms with Crippen LogP contribution in [0.5, 0.6) is 5.75 Å². The van der Waals surface area contributed by atoms with Gasteiger partial charge in [0.1, 0.15) is 11.4 Å². The summed E-state index contributed by atoms with van der Waals surface area (Å²) in [5, 5.41) is 5.99. The molecule has 0 atom stereocenters. The first-order valence-corrected chi connectivity index (χ1v) is 11.0. The quantitative estimate of drug-likeness (QED) is 0.508. The Kier molecular flexibility index (Phi) is 7.02. The second-order valence-corrected chi connectivity index (χ2v) is 8.51. The van der Waals surface area contributed by atoms with Crippen LogP contribution in [-0.4, -0.2) is 51.7 Å². The molecule has 2 heterocycles. The van der Waals surface area contributed by atoms with Crippen molar-refractivity contribution in [3.8, 4) is 5.75 Å². The summed E-state index contributed by atoms with van der Waals surface area (Å²) in [6, 6.07) is 14.5. The summed E-state index contributed by atoms with van der Waals surface area (Å²) in [4.78, 5) is 17.2. The van der Waals surface area contributed by atoms with Crippen molar-refractivity contribution in [2.24, 2.45) is 0 Å². The molecule has 0 radical (unpaired) electrons. The molecular formula is C22H21Cl3N4O2. The van der Waals surface area contributed by atoms with E-state index in [1.165, 1.54) is 0 Å². The Morgan fingerprint density at radius 1 is 0.935 bits per heavy atom. The van der Waals surface area contributed by atoms with Crippen molar-refractivity contribution in [1.82, 2.24) is 19.6 Å². The van der Waals surface area contributed by atoms with E-state index < -0.39 is 0 Å². The van der Waals surface area contributed by atoms with Gasteiger partial charge in [0, 0.05) is 43.9 Å². The molecule has 9 heteroatoms. The normalized spacial score (nSPS) is 14.6. The van der Waals surface area contributed by atoms with Crippen LogP contribution in [0.1, 0.15) is 16.1 Å². The highest BCUT2D eigenvalue weighted by Crippen LogP contribution is 2.23. The molecule has 31 heavy (non-hydrogen) atoms. The van der Waals surface area contributed by atoms with Crippen LogP contribution in [0.3, 0.4) is 0 Å². The van der Waals surface area contributed by atoms with Crippen LogP contribution in [0.2, 0.25) is 15.1 Å². The van der Waals surface area contributed by atoms with Gasteiger partial charge in [-0.15, -0.1) is 0 Å². The highest BCUT2D eigenvalue weighted by Gasteiger charge is 2.24. The van der Waals surface area contributed by atoms with Crippen molar-refractivity contribution in [3.63, 3.8) is 0 Å². The zero-order valence-corrected chi connectivity index (χ0v) is 18.9. The summed E-state index contributed by atoms with van der Waals surface area (Å²) >= 11 is 18.0. The van der Waals surface area contributed by atoms with Crippen LogP contribution >= 0.6 is 34.8 Å². The molecule has 0 spiro atoms. The number of nitrogens with zero attached hydrogens (tertiary/aromatic N) is 4. The van der Waals surface area contributed by atoms with Gasteiger partial charge in [0.25, 0.3) is 5.91 Å². The molecule has 1 fully saturated rings. The predicted octanol–water partition coefficient (Wildman–Crippen LogP) is 4.84. The van der Waals surface area contributed by atoms with E-state index in [1.54, 1.807) is 41.2 Å². The van der Waals surface area contributed by atoms with Crippen LogP contribution < -0.4 is 4.74 Å². The summed E-state index contributed by atoms with van der Waals surface area (Å²) in [5.41, 5.74) is 1.61. The number of carbonyl (C=O) groups is 1. The summed E-state index contributed by atoms with van der Waals surface area (Å²) < 4.78 is 7.30. The topological polar surface area (TPSA) is 50.6 Å². The number of benzene rings is 2. The standard InChI is InChI=1S/C22H21Cl3N4O2/c23-17-2-4-18(5-3-17)31-15-29-21(7-8-26-29)22(30)28-11-9-27(10-12-28)14-16-1-6-19(24)20(25)13-16/h1-8,13H,9-12,14-15H2. The Morgan fingerprint density at radius 2 is 1.68 bits per heavy atom. The molecule has 1 aromatic heterocycles. The highest BCUT2D eigenvalue weighted by molar-refractivity contribution is 6.42. The third-order valence-corrected chi connectivity index (χ3v) is 6.14. The molecule has 0 saturated carbocycles. The average Bonchev–Trinajstić information content (AvgIpc) is 3.25. The minimum Gasteiger partial charge on any atom is -0.471 e. The molecule has 0 bridgehead atoms. The average molecular weight is 480 g/mol. The Morgan fingerprint density at radius 3 is 2.39 bits per heavy atom. The van der Waals surface area contributed by atoms with E-state index in [4.69, 9.17) is 39.5 Å². The van der Waals surface area contributed by atoms with E-state index >= 15 is 0 Å². The maximum atomic E-state index is 13.0. The SMILES string of the molecule is O=C(c1ccnn1COc1ccc(Cl)cc1)N1CCN(Cc2ccc(Cl)c(Cl)c2)CC1. The van der Waals surface area contributed by atoms with Gasteiger partial charge in [-0.05, 0) is 48.0 Å². The fourth-order valence-electron chi connectivity index (χ4n) is 3.45. The Labute approximate surface area is 195 Å². The smallest absolute Gasteiger partial charge is 0.272 e. The molecule has 0 unspecified atom stereocenters. The first kappa shape index (κ1) is 22.0. The summed E-state index contributed by atoms with van der Waals surface area (Å²) in [6.07, 6.45) is 1.61. The number of amides is 1. The lowest BCUT2D eigenvalue weighted by Gasteiger charge is -2.34. The van der Waals surface area contributed by atoms with E-state index in [0.29, 0.717) is 39.6 Å². The van der Waals surface area contributed by atoms with Crippen LogP contribution in [0.25, 0.3) is 0 Å². The molecule has 6 nitrogen and oxygen atoms in total. The van der Waals surface area contributed by atoms with Gasteiger partial charge in [0.2, 0.25) is 0 Å². The lowest BCUT2D eigenvalue weighted by Crippen LogP contribution is -2.48. The molecule has 3 aromatic rings. The van der Waals surface area contributed by atoms with Crippen molar-refractivity contribution in [1.29, 1.82) is 0 Å². The fraction of sp³-hybridized carbons (Fsp3) is 0.273. The summed E-state index contributed by atoms with van der Waals surface area (Å²) in [5.74, 6) is 0.612. The van der Waals surface area contributed by atoms with Gasteiger partial charge in [-0.1, -0.05) is 40.9 Å². The maximum absolute atomic E-state index is 13.0. The number of rotatable bonds is 6. The fourth-order valence-corrected chi connectivity index (χ4v) is 3.90. The van der Waals surface area contributed by atoms with Crippen molar-refractivity contribution in [2.75, 3.05) is 26.2 Å². The van der Waals surface area contributed by atoms with E-state index in [0.717, 1.165) is 25.2 Å². The molecule has 0 N–H and O–H groups in total. The molecule has 1 saturated heterocycles. The van der Waals surface area contributed by atoms with Crippen molar-refractivity contribution in [3.05, 3.63) is 81.1 Å². The second kappa shape index (κ2) is 9.92. The minimum atomic E-state index is -0.0496. The number of aromatic nitrogens is 2. The van der Waals surface area contributed by atoms with Crippen LogP contribution in [0, 0.1) is 0 Å². The lowest BCUT2D eigenvalue weighted by atomic mass is 10.2. The van der Waals surface area contributed by atoms with E-state index in [2.05, 4.69) is 10.00 Å². The minimum absolute atomic E-state index is 0.0496. The third kappa shape index (κ3) is 5.52. The van der Waals surface area contributed by atoms with Crippen LogP contribution in [-0.2, 0) is 13.3 Å². The predicted molar refractivity (Wildman–Crippen MR) is 122 cm³/mol. The number of carbonyl (C=O) groups excluding carboxylic acids is 1. The number of ether oxygens (including phenoxy) is 1.